The van der Waals surface area contributed by atoms with Gasteiger partial charge >= 0.3 is 0 Å². The highest BCUT2D eigenvalue weighted by Gasteiger charge is 2.32. The Labute approximate surface area is 100 Å². The quantitative estimate of drug-likeness (QED) is 0.859. The number of likely N-dealkylation sites (tertiary alicyclic amines) is 1. The summed E-state index contributed by atoms with van der Waals surface area (Å²) in [5.74, 6) is -0.594. The Bertz CT molecular complexity index is 378. The summed E-state index contributed by atoms with van der Waals surface area (Å²) in [5, 5.41) is 0. The van der Waals surface area contributed by atoms with Crippen LogP contribution in [0.2, 0.25) is 0 Å². The highest BCUT2D eigenvalue weighted by Crippen LogP contribution is 2.29. The van der Waals surface area contributed by atoms with Crippen LogP contribution in [0.5, 0.6) is 0 Å². The van der Waals surface area contributed by atoms with Crippen molar-refractivity contribution < 1.29 is 8.78 Å². The normalized spacial score (nSPS) is 27.4. The summed E-state index contributed by atoms with van der Waals surface area (Å²) in [4.78, 5) is 2.04. The standard InChI is InChI=1S/C13H18F2N2/c1-8-6-17(7-12(8)16)9(2)13-10(14)4-3-5-11(13)15/h3-5,8-9,12H,6-7,16H2,1-2H3. The van der Waals surface area contributed by atoms with Gasteiger partial charge in [-0.1, -0.05) is 13.0 Å². The van der Waals surface area contributed by atoms with Gasteiger partial charge in [0.1, 0.15) is 11.6 Å². The molecule has 1 saturated heterocycles. The molecule has 17 heavy (non-hydrogen) atoms. The van der Waals surface area contributed by atoms with E-state index in [9.17, 15) is 8.78 Å². The van der Waals surface area contributed by atoms with Crippen LogP contribution in [0.4, 0.5) is 8.78 Å². The lowest BCUT2D eigenvalue weighted by Crippen LogP contribution is -2.30. The minimum absolute atomic E-state index is 0.0901. The molecule has 0 aromatic heterocycles. The van der Waals surface area contributed by atoms with E-state index in [-0.39, 0.29) is 17.6 Å². The first-order valence-corrected chi connectivity index (χ1v) is 5.94. The molecule has 94 valence electrons. The van der Waals surface area contributed by atoms with E-state index in [2.05, 4.69) is 6.92 Å². The van der Waals surface area contributed by atoms with Crippen molar-refractivity contribution in [2.45, 2.75) is 25.9 Å². The summed E-state index contributed by atoms with van der Waals surface area (Å²) in [6.07, 6.45) is 0. The number of nitrogens with zero attached hydrogens (tertiary/aromatic N) is 1. The summed E-state index contributed by atoms with van der Waals surface area (Å²) in [6.45, 7) is 5.37. The van der Waals surface area contributed by atoms with Crippen molar-refractivity contribution >= 4 is 0 Å². The largest absolute Gasteiger partial charge is 0.326 e. The lowest BCUT2D eigenvalue weighted by atomic mass is 10.1. The minimum Gasteiger partial charge on any atom is -0.326 e. The topological polar surface area (TPSA) is 29.3 Å². The maximum absolute atomic E-state index is 13.7. The van der Waals surface area contributed by atoms with Crippen LogP contribution in [0.1, 0.15) is 25.5 Å². The fourth-order valence-corrected chi connectivity index (χ4v) is 2.44. The van der Waals surface area contributed by atoms with Gasteiger partial charge in [-0.05, 0) is 25.0 Å². The van der Waals surface area contributed by atoms with Gasteiger partial charge in [0, 0.05) is 30.7 Å². The molecular weight excluding hydrogens is 222 g/mol. The van der Waals surface area contributed by atoms with E-state index in [0.29, 0.717) is 12.5 Å². The Morgan fingerprint density at radius 2 is 1.88 bits per heavy atom. The molecule has 3 atom stereocenters. The van der Waals surface area contributed by atoms with E-state index < -0.39 is 11.6 Å². The van der Waals surface area contributed by atoms with Crippen LogP contribution in [0, 0.1) is 17.6 Å². The average molecular weight is 240 g/mol. The summed E-state index contributed by atoms with van der Waals surface area (Å²) in [6, 6.07) is 3.81. The summed E-state index contributed by atoms with van der Waals surface area (Å²) < 4.78 is 27.3. The zero-order chi connectivity index (χ0) is 12.6. The Morgan fingerprint density at radius 3 is 2.35 bits per heavy atom. The molecule has 0 spiro atoms. The molecule has 0 amide bonds. The van der Waals surface area contributed by atoms with Crippen molar-refractivity contribution in [1.29, 1.82) is 0 Å². The average Bonchev–Trinajstić information content (AvgIpc) is 2.59. The molecule has 3 unspecified atom stereocenters. The van der Waals surface area contributed by atoms with E-state index >= 15 is 0 Å². The van der Waals surface area contributed by atoms with E-state index in [1.807, 2.05) is 11.8 Å². The molecule has 0 aliphatic carbocycles. The third-order valence-electron chi connectivity index (χ3n) is 3.66. The Hall–Kier alpha value is -1.00. The predicted molar refractivity (Wildman–Crippen MR) is 63.5 cm³/mol. The van der Waals surface area contributed by atoms with Gasteiger partial charge in [-0.15, -0.1) is 0 Å². The number of benzene rings is 1. The number of hydrogen-bond acceptors (Lipinski definition) is 2. The lowest BCUT2D eigenvalue weighted by Gasteiger charge is -2.25. The van der Waals surface area contributed by atoms with E-state index in [0.717, 1.165) is 6.54 Å². The third-order valence-corrected chi connectivity index (χ3v) is 3.66. The maximum Gasteiger partial charge on any atom is 0.130 e. The summed E-state index contributed by atoms with van der Waals surface area (Å²) in [5.41, 5.74) is 6.08. The molecule has 4 heteroatoms. The molecule has 2 rings (SSSR count). The predicted octanol–water partition coefficient (Wildman–Crippen LogP) is 2.30. The van der Waals surface area contributed by atoms with E-state index in [4.69, 9.17) is 5.73 Å². The molecule has 1 fully saturated rings. The molecule has 0 saturated carbocycles. The van der Waals surface area contributed by atoms with Gasteiger partial charge in [-0.3, -0.25) is 4.90 Å². The minimum atomic E-state index is -0.481. The van der Waals surface area contributed by atoms with Gasteiger partial charge < -0.3 is 5.73 Å². The zero-order valence-electron chi connectivity index (χ0n) is 10.2. The summed E-state index contributed by atoms with van der Waals surface area (Å²) >= 11 is 0. The number of halogens is 2. The molecule has 1 aromatic carbocycles. The van der Waals surface area contributed by atoms with Crippen molar-refractivity contribution in [1.82, 2.24) is 4.90 Å². The maximum atomic E-state index is 13.7. The van der Waals surface area contributed by atoms with E-state index in [1.54, 1.807) is 0 Å². The monoisotopic (exact) mass is 240 g/mol. The van der Waals surface area contributed by atoms with Gasteiger partial charge in [-0.2, -0.15) is 0 Å². The second-order valence-corrected chi connectivity index (χ2v) is 4.91. The van der Waals surface area contributed by atoms with Crippen LogP contribution < -0.4 is 5.73 Å². The number of nitrogens with two attached hydrogens (primary N) is 1. The van der Waals surface area contributed by atoms with Crippen LogP contribution in [0.3, 0.4) is 0 Å². The van der Waals surface area contributed by atoms with Gasteiger partial charge in [-0.25, -0.2) is 8.78 Å². The van der Waals surface area contributed by atoms with Crippen molar-refractivity contribution in [3.8, 4) is 0 Å². The fourth-order valence-electron chi connectivity index (χ4n) is 2.44. The van der Waals surface area contributed by atoms with Gasteiger partial charge in [0.25, 0.3) is 0 Å². The fraction of sp³-hybridized carbons (Fsp3) is 0.538. The van der Waals surface area contributed by atoms with Gasteiger partial charge in [0.15, 0.2) is 0 Å². The molecule has 0 radical (unpaired) electrons. The smallest absolute Gasteiger partial charge is 0.130 e. The number of rotatable bonds is 2. The molecule has 1 heterocycles. The highest BCUT2D eigenvalue weighted by atomic mass is 19.1. The number of hydrogen-bond donors (Lipinski definition) is 1. The molecule has 0 bridgehead atoms. The third kappa shape index (κ3) is 2.33. The van der Waals surface area contributed by atoms with Crippen LogP contribution in [0.15, 0.2) is 18.2 Å². The van der Waals surface area contributed by atoms with Crippen molar-refractivity contribution in [2.75, 3.05) is 13.1 Å². The Balaban J connectivity index is 2.23. The lowest BCUT2D eigenvalue weighted by molar-refractivity contribution is 0.242. The van der Waals surface area contributed by atoms with Crippen molar-refractivity contribution in [2.24, 2.45) is 11.7 Å². The first-order chi connectivity index (χ1) is 8.00. The summed E-state index contributed by atoms with van der Waals surface area (Å²) in [7, 11) is 0. The van der Waals surface area contributed by atoms with Crippen LogP contribution in [-0.4, -0.2) is 24.0 Å². The second-order valence-electron chi connectivity index (χ2n) is 4.91. The zero-order valence-corrected chi connectivity index (χ0v) is 10.2. The molecule has 1 aromatic rings. The second kappa shape index (κ2) is 4.70. The molecular formula is C13H18F2N2. The SMILES string of the molecule is CC1CN(C(C)c2c(F)cccc2F)CC1N. The molecule has 1 aliphatic rings. The Kier molecular flexibility index (Phi) is 3.45. The first kappa shape index (κ1) is 12.5. The van der Waals surface area contributed by atoms with Crippen LogP contribution in [-0.2, 0) is 0 Å². The first-order valence-electron chi connectivity index (χ1n) is 5.94. The molecule has 2 nitrogen and oxygen atoms in total. The van der Waals surface area contributed by atoms with Crippen LogP contribution in [0.25, 0.3) is 0 Å². The van der Waals surface area contributed by atoms with E-state index in [1.165, 1.54) is 18.2 Å². The van der Waals surface area contributed by atoms with Crippen molar-refractivity contribution in [3.05, 3.63) is 35.4 Å². The van der Waals surface area contributed by atoms with Gasteiger partial charge in [0.05, 0.1) is 0 Å². The van der Waals surface area contributed by atoms with Crippen molar-refractivity contribution in [3.63, 3.8) is 0 Å². The molecule has 2 N–H and O–H groups in total. The molecule has 1 aliphatic heterocycles. The van der Waals surface area contributed by atoms with Crippen LogP contribution >= 0.6 is 0 Å². The Morgan fingerprint density at radius 1 is 1.29 bits per heavy atom. The highest BCUT2D eigenvalue weighted by molar-refractivity contribution is 5.23. The van der Waals surface area contributed by atoms with Gasteiger partial charge in [0.2, 0.25) is 0 Å².